The maximum atomic E-state index is 12.7. The second kappa shape index (κ2) is 4.69. The van der Waals surface area contributed by atoms with E-state index in [1.807, 2.05) is 45.0 Å². The van der Waals surface area contributed by atoms with Gasteiger partial charge in [-0.25, -0.2) is 0 Å². The number of thioether (sulfide) groups is 1. The molecule has 1 atom stereocenters. The largest absolute Gasteiger partial charge is 0.338 e. The molecule has 1 aliphatic rings. The molecular formula is C15H18N2OS. The fourth-order valence-electron chi connectivity index (χ4n) is 2.81. The number of aryl methyl sites for hydroxylation is 1. The Hall–Kier alpha value is -1.26. The maximum absolute atomic E-state index is 12.7. The quantitative estimate of drug-likeness (QED) is 0.842. The molecule has 0 spiro atoms. The Morgan fingerprint density at radius 1 is 1.37 bits per heavy atom. The normalized spacial score (nSPS) is 19.2. The van der Waals surface area contributed by atoms with E-state index in [4.69, 9.17) is 0 Å². The molecule has 3 nitrogen and oxygen atoms in total. The summed E-state index contributed by atoms with van der Waals surface area (Å²) >= 11 is 1.81. The van der Waals surface area contributed by atoms with Crippen LogP contribution in [0.15, 0.2) is 29.3 Å². The zero-order valence-electron chi connectivity index (χ0n) is 11.5. The van der Waals surface area contributed by atoms with Gasteiger partial charge in [-0.05, 0) is 20.2 Å². The predicted octanol–water partition coefficient (Wildman–Crippen LogP) is 2.64. The summed E-state index contributed by atoms with van der Waals surface area (Å²) in [4.78, 5) is 14.8. The first-order valence-corrected chi connectivity index (χ1v) is 7.47. The van der Waals surface area contributed by atoms with E-state index in [9.17, 15) is 4.79 Å². The summed E-state index contributed by atoms with van der Waals surface area (Å²) in [6.45, 7) is 0.828. The van der Waals surface area contributed by atoms with E-state index < -0.39 is 0 Å². The van der Waals surface area contributed by atoms with Gasteiger partial charge < -0.3 is 9.47 Å². The molecule has 2 aromatic rings. The van der Waals surface area contributed by atoms with Crippen LogP contribution in [-0.2, 0) is 7.05 Å². The van der Waals surface area contributed by atoms with Crippen LogP contribution >= 0.6 is 11.8 Å². The molecule has 0 N–H and O–H groups in total. The summed E-state index contributed by atoms with van der Waals surface area (Å²) < 4.78 is 2.15. The zero-order valence-corrected chi connectivity index (χ0v) is 12.3. The number of hydrogen-bond acceptors (Lipinski definition) is 3. The van der Waals surface area contributed by atoms with Gasteiger partial charge in [-0.2, -0.15) is 0 Å². The van der Waals surface area contributed by atoms with Crippen LogP contribution in [0, 0.1) is 5.92 Å². The van der Waals surface area contributed by atoms with Gasteiger partial charge in [-0.1, -0.05) is 18.2 Å². The van der Waals surface area contributed by atoms with Crippen molar-refractivity contribution in [2.24, 2.45) is 13.0 Å². The van der Waals surface area contributed by atoms with Gasteiger partial charge in [0.15, 0.2) is 5.78 Å². The van der Waals surface area contributed by atoms with Crippen molar-refractivity contribution in [2.75, 3.05) is 26.4 Å². The van der Waals surface area contributed by atoms with Crippen molar-refractivity contribution in [3.63, 3.8) is 0 Å². The van der Waals surface area contributed by atoms with Gasteiger partial charge in [-0.15, -0.1) is 11.8 Å². The van der Waals surface area contributed by atoms with Crippen LogP contribution in [0.25, 0.3) is 10.9 Å². The minimum Gasteiger partial charge on any atom is -0.338 e. The molecule has 0 bridgehead atoms. The monoisotopic (exact) mass is 274 g/mol. The lowest BCUT2D eigenvalue weighted by Crippen LogP contribution is -2.32. The van der Waals surface area contributed by atoms with Crippen LogP contribution in [0.5, 0.6) is 0 Å². The molecule has 0 aliphatic carbocycles. The first-order valence-electron chi connectivity index (χ1n) is 6.48. The number of ketones is 1. The number of fused-ring (bicyclic) bond motifs is 3. The molecule has 0 saturated carbocycles. The summed E-state index contributed by atoms with van der Waals surface area (Å²) in [6, 6.07) is 8.18. The molecule has 1 aromatic carbocycles. The highest BCUT2D eigenvalue weighted by atomic mass is 32.2. The summed E-state index contributed by atoms with van der Waals surface area (Å²) in [7, 11) is 6.10. The van der Waals surface area contributed by atoms with Crippen molar-refractivity contribution in [3.05, 3.63) is 29.8 Å². The Labute approximate surface area is 117 Å². The molecule has 3 rings (SSSR count). The van der Waals surface area contributed by atoms with E-state index in [0.717, 1.165) is 33.8 Å². The van der Waals surface area contributed by atoms with Gasteiger partial charge in [0.25, 0.3) is 0 Å². The Balaban J connectivity index is 2.13. The third-order valence-electron chi connectivity index (χ3n) is 3.68. The molecule has 0 saturated heterocycles. The fraction of sp³-hybridized carbons (Fsp3) is 0.400. The number of Topliss-reactive ketones (excluding diaryl/α,β-unsaturated/α-hetero) is 1. The Morgan fingerprint density at radius 3 is 2.84 bits per heavy atom. The number of aromatic nitrogens is 1. The van der Waals surface area contributed by atoms with Crippen LogP contribution in [0.1, 0.15) is 10.4 Å². The summed E-state index contributed by atoms with van der Waals surface area (Å²) in [6.07, 6.45) is 0. The number of hydrogen-bond donors (Lipinski definition) is 0. The van der Waals surface area contributed by atoms with Gasteiger partial charge in [0, 0.05) is 36.2 Å². The number of nitrogens with zero attached hydrogens (tertiary/aromatic N) is 2. The lowest BCUT2D eigenvalue weighted by molar-refractivity contribution is 0.0908. The average Bonchev–Trinajstić information content (AvgIpc) is 2.67. The number of carbonyl (C=O) groups is 1. The van der Waals surface area contributed by atoms with Crippen LogP contribution in [0.4, 0.5) is 0 Å². The number of para-hydroxylation sites is 1. The highest BCUT2D eigenvalue weighted by molar-refractivity contribution is 7.99. The van der Waals surface area contributed by atoms with E-state index >= 15 is 0 Å². The first kappa shape index (κ1) is 12.8. The van der Waals surface area contributed by atoms with Gasteiger partial charge >= 0.3 is 0 Å². The Morgan fingerprint density at radius 2 is 2.11 bits per heavy atom. The first-order chi connectivity index (χ1) is 9.09. The zero-order chi connectivity index (χ0) is 13.6. The van der Waals surface area contributed by atoms with Gasteiger partial charge in [0.1, 0.15) is 0 Å². The molecule has 0 amide bonds. The Bertz CT molecular complexity index is 645. The van der Waals surface area contributed by atoms with Crippen molar-refractivity contribution in [1.82, 2.24) is 9.47 Å². The molecular weight excluding hydrogens is 256 g/mol. The second-order valence-corrected chi connectivity index (χ2v) is 6.40. The average molecular weight is 274 g/mol. The van der Waals surface area contributed by atoms with E-state index in [-0.39, 0.29) is 5.92 Å². The highest BCUT2D eigenvalue weighted by Gasteiger charge is 2.32. The van der Waals surface area contributed by atoms with E-state index in [0.29, 0.717) is 5.78 Å². The molecule has 0 fully saturated rings. The van der Waals surface area contributed by atoms with Gasteiger partial charge in [0.2, 0.25) is 0 Å². The molecule has 19 heavy (non-hydrogen) atoms. The van der Waals surface area contributed by atoms with E-state index in [2.05, 4.69) is 21.6 Å². The standard InChI is InChI=1S/C15H18N2OS/c1-16(2)8-10-9-19-15-13(14(10)18)11-6-4-5-7-12(11)17(15)3/h4-7,10H,8-9H2,1-3H3. The van der Waals surface area contributed by atoms with Crippen molar-refractivity contribution in [1.29, 1.82) is 0 Å². The molecule has 1 unspecified atom stereocenters. The topological polar surface area (TPSA) is 25.2 Å². The fourth-order valence-corrected chi connectivity index (χ4v) is 4.08. The lowest BCUT2D eigenvalue weighted by atomic mass is 9.98. The summed E-state index contributed by atoms with van der Waals surface area (Å²) in [5.74, 6) is 1.30. The molecule has 100 valence electrons. The number of carbonyl (C=O) groups excluding carboxylic acids is 1. The molecule has 2 heterocycles. The summed E-state index contributed by atoms with van der Waals surface area (Å²) in [5.41, 5.74) is 2.08. The molecule has 1 aromatic heterocycles. The third-order valence-corrected chi connectivity index (χ3v) is 5.00. The van der Waals surface area contributed by atoms with Gasteiger partial charge in [-0.3, -0.25) is 4.79 Å². The van der Waals surface area contributed by atoms with Crippen LogP contribution in [0.3, 0.4) is 0 Å². The van der Waals surface area contributed by atoms with Crippen molar-refractivity contribution in [3.8, 4) is 0 Å². The molecule has 4 heteroatoms. The third kappa shape index (κ3) is 1.99. The predicted molar refractivity (Wildman–Crippen MR) is 80.0 cm³/mol. The minimum atomic E-state index is 0.110. The molecule has 1 aliphatic heterocycles. The van der Waals surface area contributed by atoms with Crippen molar-refractivity contribution in [2.45, 2.75) is 5.03 Å². The Kier molecular flexibility index (Phi) is 3.15. The molecule has 0 radical (unpaired) electrons. The number of rotatable bonds is 2. The van der Waals surface area contributed by atoms with E-state index in [1.165, 1.54) is 0 Å². The van der Waals surface area contributed by atoms with Crippen LogP contribution in [-0.4, -0.2) is 41.6 Å². The van der Waals surface area contributed by atoms with Gasteiger partial charge in [0.05, 0.1) is 10.6 Å². The maximum Gasteiger partial charge on any atom is 0.171 e. The smallest absolute Gasteiger partial charge is 0.171 e. The lowest BCUT2D eigenvalue weighted by Gasteiger charge is -2.24. The minimum absolute atomic E-state index is 0.110. The van der Waals surface area contributed by atoms with Crippen LogP contribution < -0.4 is 0 Å². The SMILES string of the molecule is CN(C)CC1CSc2c(c3ccccc3n2C)C1=O. The highest BCUT2D eigenvalue weighted by Crippen LogP contribution is 2.39. The van der Waals surface area contributed by atoms with Crippen molar-refractivity contribution < 1.29 is 4.79 Å². The van der Waals surface area contributed by atoms with Crippen LogP contribution in [0.2, 0.25) is 0 Å². The number of benzene rings is 1. The summed E-state index contributed by atoms with van der Waals surface area (Å²) in [5, 5.41) is 2.22. The van der Waals surface area contributed by atoms with Crippen molar-refractivity contribution >= 4 is 28.4 Å². The second-order valence-electron chi connectivity index (χ2n) is 5.39. The van der Waals surface area contributed by atoms with E-state index in [1.54, 1.807) is 0 Å².